The molecule has 3 atom stereocenters. The molecule has 1 fully saturated rings. The van der Waals surface area contributed by atoms with Crippen LogP contribution in [0.25, 0.3) is 15.8 Å². The zero-order valence-electron chi connectivity index (χ0n) is 13.9. The van der Waals surface area contributed by atoms with Crippen molar-refractivity contribution in [2.24, 2.45) is 5.92 Å². The summed E-state index contributed by atoms with van der Waals surface area (Å²) in [6, 6.07) is 7.85. The zero-order chi connectivity index (χ0) is 17.4. The lowest BCUT2D eigenvalue weighted by atomic mass is 9.79. The Kier molecular flexibility index (Phi) is 4.29. The van der Waals surface area contributed by atoms with E-state index in [1.807, 2.05) is 24.3 Å². The zero-order valence-corrected chi connectivity index (χ0v) is 14.8. The maximum absolute atomic E-state index is 12.9. The number of ether oxygens (including phenoxy) is 2. The quantitative estimate of drug-likeness (QED) is 0.783. The van der Waals surface area contributed by atoms with Gasteiger partial charge in [-0.25, -0.2) is 4.98 Å². The summed E-state index contributed by atoms with van der Waals surface area (Å²) in [5, 5.41) is 0.712. The minimum atomic E-state index is -0.214. The molecule has 2 heterocycles. The standard InChI is InChI=1S/C19H19NO4S/c1-2-17(21)24-11-7-8-12-15(9-11)23-10-13(18(12)22)19-20-14-5-3-4-6-16(14)25-19/h3-6,10-12,15H,2,7-9H2,1H3. The van der Waals surface area contributed by atoms with E-state index in [-0.39, 0.29) is 29.9 Å². The number of rotatable bonds is 3. The maximum Gasteiger partial charge on any atom is 0.305 e. The number of benzene rings is 1. The number of nitrogens with zero attached hydrogens (tertiary/aromatic N) is 1. The number of carbonyl (C=O) groups is 2. The SMILES string of the molecule is CCC(=O)OC1CCC2C(=O)C(c3nc4ccccc4s3)=COC2C1. The third-order valence-corrected chi connectivity index (χ3v) is 5.89. The average Bonchev–Trinajstić information content (AvgIpc) is 3.05. The van der Waals surface area contributed by atoms with E-state index in [0.717, 1.165) is 10.2 Å². The fourth-order valence-electron chi connectivity index (χ4n) is 3.48. The summed E-state index contributed by atoms with van der Waals surface area (Å²) in [7, 11) is 0. The second-order valence-corrected chi connectivity index (χ2v) is 7.47. The van der Waals surface area contributed by atoms with Gasteiger partial charge in [0.1, 0.15) is 17.2 Å². The van der Waals surface area contributed by atoms with Gasteiger partial charge in [-0.05, 0) is 25.0 Å². The van der Waals surface area contributed by atoms with Crippen LogP contribution < -0.4 is 0 Å². The van der Waals surface area contributed by atoms with Crippen molar-refractivity contribution < 1.29 is 19.1 Å². The highest BCUT2D eigenvalue weighted by molar-refractivity contribution is 7.19. The Bertz CT molecular complexity index is 823. The van der Waals surface area contributed by atoms with E-state index in [9.17, 15) is 9.59 Å². The minimum absolute atomic E-state index is 0.0931. The summed E-state index contributed by atoms with van der Waals surface area (Å²) in [6.45, 7) is 1.78. The first kappa shape index (κ1) is 16.3. The van der Waals surface area contributed by atoms with Crippen LogP contribution >= 0.6 is 11.3 Å². The first-order chi connectivity index (χ1) is 12.2. The van der Waals surface area contributed by atoms with Crippen LogP contribution in [0.5, 0.6) is 0 Å². The first-order valence-electron chi connectivity index (χ1n) is 8.61. The van der Waals surface area contributed by atoms with Crippen molar-refractivity contribution in [3.8, 4) is 0 Å². The van der Waals surface area contributed by atoms with E-state index in [1.54, 1.807) is 13.2 Å². The normalized spacial score (nSPS) is 25.9. The highest BCUT2D eigenvalue weighted by Gasteiger charge is 2.42. The topological polar surface area (TPSA) is 65.5 Å². The summed E-state index contributed by atoms with van der Waals surface area (Å²) >= 11 is 1.51. The van der Waals surface area contributed by atoms with Crippen molar-refractivity contribution >= 4 is 38.9 Å². The summed E-state index contributed by atoms with van der Waals surface area (Å²) in [5.41, 5.74) is 1.46. The number of ketones is 1. The van der Waals surface area contributed by atoms with E-state index in [4.69, 9.17) is 9.47 Å². The molecule has 6 heteroatoms. The van der Waals surface area contributed by atoms with Gasteiger partial charge in [0.25, 0.3) is 0 Å². The number of fused-ring (bicyclic) bond motifs is 2. The maximum atomic E-state index is 12.9. The molecule has 0 saturated heterocycles. The lowest BCUT2D eigenvalue weighted by Crippen LogP contribution is -2.41. The van der Waals surface area contributed by atoms with Crippen LogP contribution in [0.1, 0.15) is 37.6 Å². The molecule has 1 aliphatic heterocycles. The molecule has 1 aliphatic carbocycles. The van der Waals surface area contributed by atoms with Gasteiger partial charge >= 0.3 is 5.97 Å². The number of para-hydroxylation sites is 1. The molecule has 0 spiro atoms. The molecule has 25 heavy (non-hydrogen) atoms. The van der Waals surface area contributed by atoms with E-state index in [0.29, 0.717) is 36.3 Å². The van der Waals surface area contributed by atoms with Gasteiger partial charge in [-0.3, -0.25) is 9.59 Å². The Hall–Kier alpha value is -2.21. The third kappa shape index (κ3) is 3.06. The number of esters is 1. The Labute approximate surface area is 149 Å². The summed E-state index contributed by atoms with van der Waals surface area (Å²) in [6.07, 6.45) is 3.50. The van der Waals surface area contributed by atoms with Crippen molar-refractivity contribution in [2.45, 2.75) is 44.8 Å². The van der Waals surface area contributed by atoms with Crippen LogP contribution in [0.4, 0.5) is 0 Å². The van der Waals surface area contributed by atoms with Gasteiger partial charge in [0.05, 0.1) is 28.0 Å². The molecule has 0 bridgehead atoms. The highest BCUT2D eigenvalue weighted by atomic mass is 32.1. The number of Topliss-reactive ketones (excluding diaryl/α,β-unsaturated/α-hetero) is 1. The van der Waals surface area contributed by atoms with Crippen LogP contribution in [-0.4, -0.2) is 28.9 Å². The number of aromatic nitrogens is 1. The van der Waals surface area contributed by atoms with Gasteiger partial charge in [0.15, 0.2) is 5.78 Å². The van der Waals surface area contributed by atoms with Crippen LogP contribution in [0.2, 0.25) is 0 Å². The highest BCUT2D eigenvalue weighted by Crippen LogP contribution is 2.38. The summed E-state index contributed by atoms with van der Waals surface area (Å²) in [4.78, 5) is 29.0. The molecule has 1 aromatic carbocycles. The van der Waals surface area contributed by atoms with E-state index < -0.39 is 0 Å². The molecule has 4 rings (SSSR count). The molecule has 5 nitrogen and oxygen atoms in total. The van der Waals surface area contributed by atoms with Crippen molar-refractivity contribution in [2.75, 3.05) is 0 Å². The second-order valence-electron chi connectivity index (χ2n) is 6.44. The average molecular weight is 357 g/mol. The van der Waals surface area contributed by atoms with Crippen LogP contribution in [0.3, 0.4) is 0 Å². The van der Waals surface area contributed by atoms with Gasteiger partial charge in [-0.1, -0.05) is 19.1 Å². The number of hydrogen-bond acceptors (Lipinski definition) is 6. The predicted molar refractivity (Wildman–Crippen MR) is 95.0 cm³/mol. The Balaban J connectivity index is 1.54. The van der Waals surface area contributed by atoms with E-state index in [1.165, 1.54) is 11.3 Å². The molecule has 2 aromatic rings. The van der Waals surface area contributed by atoms with Crippen LogP contribution in [0.15, 0.2) is 30.5 Å². The van der Waals surface area contributed by atoms with Crippen LogP contribution in [-0.2, 0) is 19.1 Å². The van der Waals surface area contributed by atoms with Crippen molar-refractivity contribution in [3.05, 3.63) is 35.5 Å². The number of hydrogen-bond donors (Lipinski definition) is 0. The van der Waals surface area contributed by atoms with Crippen molar-refractivity contribution in [3.63, 3.8) is 0 Å². The fraction of sp³-hybridized carbons (Fsp3) is 0.421. The monoisotopic (exact) mass is 357 g/mol. The minimum Gasteiger partial charge on any atom is -0.496 e. The van der Waals surface area contributed by atoms with Gasteiger partial charge in [-0.15, -0.1) is 11.3 Å². The molecular weight excluding hydrogens is 338 g/mol. The predicted octanol–water partition coefficient (Wildman–Crippen LogP) is 3.73. The molecule has 2 aliphatic rings. The second kappa shape index (κ2) is 6.59. The molecule has 1 aromatic heterocycles. The van der Waals surface area contributed by atoms with E-state index >= 15 is 0 Å². The fourth-order valence-corrected chi connectivity index (χ4v) is 4.45. The first-order valence-corrected chi connectivity index (χ1v) is 9.42. The lowest BCUT2D eigenvalue weighted by molar-refractivity contribution is -0.154. The van der Waals surface area contributed by atoms with Crippen LogP contribution in [0, 0.1) is 5.92 Å². The summed E-state index contributed by atoms with van der Waals surface area (Å²) in [5.74, 6) is -0.282. The van der Waals surface area contributed by atoms with Crippen molar-refractivity contribution in [1.82, 2.24) is 4.98 Å². The molecule has 0 N–H and O–H groups in total. The van der Waals surface area contributed by atoms with Gasteiger partial charge in [0, 0.05) is 12.8 Å². The molecule has 1 saturated carbocycles. The van der Waals surface area contributed by atoms with E-state index in [2.05, 4.69) is 4.98 Å². The Morgan fingerprint density at radius 2 is 2.20 bits per heavy atom. The van der Waals surface area contributed by atoms with Gasteiger partial charge in [-0.2, -0.15) is 0 Å². The molecular formula is C19H19NO4S. The number of carbonyl (C=O) groups excluding carboxylic acids is 2. The Morgan fingerprint density at radius 3 is 3.00 bits per heavy atom. The smallest absolute Gasteiger partial charge is 0.305 e. The number of allylic oxidation sites excluding steroid dienone is 1. The van der Waals surface area contributed by atoms with Gasteiger partial charge in [0.2, 0.25) is 0 Å². The van der Waals surface area contributed by atoms with Gasteiger partial charge < -0.3 is 9.47 Å². The summed E-state index contributed by atoms with van der Waals surface area (Å²) < 4.78 is 12.3. The largest absolute Gasteiger partial charge is 0.496 e. The molecule has 3 unspecified atom stereocenters. The molecule has 0 amide bonds. The molecule has 130 valence electrons. The Morgan fingerprint density at radius 1 is 1.36 bits per heavy atom. The molecule has 0 radical (unpaired) electrons. The lowest BCUT2D eigenvalue weighted by Gasteiger charge is -2.36. The number of thiazole rings is 1. The third-order valence-electron chi connectivity index (χ3n) is 4.82. The van der Waals surface area contributed by atoms with Crippen molar-refractivity contribution in [1.29, 1.82) is 0 Å².